The maximum Gasteiger partial charge on any atom is 0.151 e. The van der Waals surface area contributed by atoms with Gasteiger partial charge in [0.05, 0.1) is 11.5 Å². The van der Waals surface area contributed by atoms with Gasteiger partial charge in [-0.05, 0) is 32.4 Å². The van der Waals surface area contributed by atoms with E-state index in [0.29, 0.717) is 23.5 Å². The van der Waals surface area contributed by atoms with Crippen LogP contribution >= 0.6 is 0 Å². The molecule has 0 aliphatic carbocycles. The lowest BCUT2D eigenvalue weighted by Gasteiger charge is -2.36. The van der Waals surface area contributed by atoms with Crippen LogP contribution in [0.2, 0.25) is 0 Å². The van der Waals surface area contributed by atoms with E-state index in [0.717, 1.165) is 25.9 Å². The molecule has 16 heavy (non-hydrogen) atoms. The minimum atomic E-state index is -2.75. The van der Waals surface area contributed by atoms with E-state index in [9.17, 15) is 8.42 Å². The maximum atomic E-state index is 11.4. The average Bonchev–Trinajstić information content (AvgIpc) is 2.51. The fourth-order valence-corrected chi connectivity index (χ4v) is 4.52. The topological polar surface area (TPSA) is 49.4 Å². The predicted octanol–water partition coefficient (Wildman–Crippen LogP) is 0.103. The molecular formula is C11H22N2O2S. The van der Waals surface area contributed by atoms with Gasteiger partial charge in [0.15, 0.2) is 9.84 Å². The summed E-state index contributed by atoms with van der Waals surface area (Å²) in [5.41, 5.74) is 0. The summed E-state index contributed by atoms with van der Waals surface area (Å²) in [4.78, 5) is 2.34. The van der Waals surface area contributed by atoms with Crippen molar-refractivity contribution in [3.63, 3.8) is 0 Å². The van der Waals surface area contributed by atoms with Gasteiger partial charge in [-0.15, -0.1) is 0 Å². The molecule has 2 heterocycles. The molecule has 0 amide bonds. The van der Waals surface area contributed by atoms with Crippen LogP contribution in [0, 0.1) is 5.92 Å². The van der Waals surface area contributed by atoms with Crippen LogP contribution in [0.1, 0.15) is 19.8 Å². The van der Waals surface area contributed by atoms with Crippen molar-refractivity contribution in [2.24, 2.45) is 5.92 Å². The Morgan fingerprint density at radius 1 is 1.31 bits per heavy atom. The predicted molar refractivity (Wildman–Crippen MR) is 65.3 cm³/mol. The van der Waals surface area contributed by atoms with Gasteiger partial charge in [0.1, 0.15) is 0 Å². The van der Waals surface area contributed by atoms with Gasteiger partial charge < -0.3 is 10.2 Å². The van der Waals surface area contributed by atoms with E-state index in [1.165, 1.54) is 0 Å². The molecule has 94 valence electrons. The quantitative estimate of drug-likeness (QED) is 0.751. The van der Waals surface area contributed by atoms with Crippen LogP contribution in [0.5, 0.6) is 0 Å². The van der Waals surface area contributed by atoms with Crippen molar-refractivity contribution in [3.05, 3.63) is 0 Å². The van der Waals surface area contributed by atoms with Crippen molar-refractivity contribution >= 4 is 9.84 Å². The zero-order valence-corrected chi connectivity index (χ0v) is 11.0. The largest absolute Gasteiger partial charge is 0.310 e. The van der Waals surface area contributed by atoms with Crippen molar-refractivity contribution < 1.29 is 8.42 Å². The monoisotopic (exact) mass is 246 g/mol. The Balaban J connectivity index is 1.86. The third-order valence-electron chi connectivity index (χ3n) is 3.79. The summed E-state index contributed by atoms with van der Waals surface area (Å²) in [7, 11) is -0.602. The molecular weight excluding hydrogens is 224 g/mol. The standard InChI is InChI=1S/C11H22N2O2S/c1-9-7-13(2)5-3-11(9)12-10-4-6-16(14,15)8-10/h9-12H,3-8H2,1-2H3. The number of piperidine rings is 1. The first-order valence-corrected chi connectivity index (χ1v) is 7.93. The molecule has 0 spiro atoms. The lowest BCUT2D eigenvalue weighted by Crippen LogP contribution is -2.50. The molecule has 1 N–H and O–H groups in total. The molecule has 0 aromatic rings. The van der Waals surface area contributed by atoms with E-state index in [1.54, 1.807) is 0 Å². The molecule has 2 saturated heterocycles. The van der Waals surface area contributed by atoms with E-state index >= 15 is 0 Å². The van der Waals surface area contributed by atoms with Gasteiger partial charge >= 0.3 is 0 Å². The Kier molecular flexibility index (Phi) is 3.56. The highest BCUT2D eigenvalue weighted by Gasteiger charge is 2.32. The van der Waals surface area contributed by atoms with E-state index in [4.69, 9.17) is 0 Å². The van der Waals surface area contributed by atoms with Gasteiger partial charge in [0.25, 0.3) is 0 Å². The minimum Gasteiger partial charge on any atom is -0.310 e. The third kappa shape index (κ3) is 2.96. The van der Waals surface area contributed by atoms with Gasteiger partial charge in [-0.3, -0.25) is 0 Å². The van der Waals surface area contributed by atoms with Crippen molar-refractivity contribution in [3.8, 4) is 0 Å². The van der Waals surface area contributed by atoms with Crippen molar-refractivity contribution in [1.29, 1.82) is 0 Å². The van der Waals surface area contributed by atoms with Crippen molar-refractivity contribution in [2.45, 2.75) is 31.8 Å². The van der Waals surface area contributed by atoms with Gasteiger partial charge in [0.2, 0.25) is 0 Å². The maximum absolute atomic E-state index is 11.4. The molecule has 0 bridgehead atoms. The summed E-state index contributed by atoms with van der Waals surface area (Å²) in [5.74, 6) is 1.32. The molecule has 2 aliphatic rings. The Morgan fingerprint density at radius 3 is 2.62 bits per heavy atom. The Labute approximate surface area is 98.3 Å². The zero-order valence-electron chi connectivity index (χ0n) is 10.1. The average molecular weight is 246 g/mol. The summed E-state index contributed by atoms with van der Waals surface area (Å²) < 4.78 is 22.7. The number of nitrogens with zero attached hydrogens (tertiary/aromatic N) is 1. The molecule has 0 aromatic heterocycles. The summed E-state index contributed by atoms with van der Waals surface area (Å²) in [6.45, 7) is 4.47. The van der Waals surface area contributed by atoms with Crippen molar-refractivity contribution in [1.82, 2.24) is 10.2 Å². The number of sulfone groups is 1. The molecule has 3 atom stereocenters. The fourth-order valence-electron chi connectivity index (χ4n) is 2.83. The summed E-state index contributed by atoms with van der Waals surface area (Å²) in [6.07, 6.45) is 1.93. The number of hydrogen-bond acceptors (Lipinski definition) is 4. The minimum absolute atomic E-state index is 0.195. The fraction of sp³-hybridized carbons (Fsp3) is 1.00. The summed E-state index contributed by atoms with van der Waals surface area (Å²) >= 11 is 0. The zero-order chi connectivity index (χ0) is 11.8. The second-order valence-corrected chi connectivity index (χ2v) is 7.63. The molecule has 2 aliphatic heterocycles. The SMILES string of the molecule is CC1CN(C)CCC1NC1CCS(=O)(=O)C1. The van der Waals surface area contributed by atoms with Crippen LogP contribution in [0.25, 0.3) is 0 Å². The molecule has 0 radical (unpaired) electrons. The van der Waals surface area contributed by atoms with E-state index < -0.39 is 9.84 Å². The lowest BCUT2D eigenvalue weighted by molar-refractivity contribution is 0.168. The Hall–Kier alpha value is -0.130. The Bertz CT molecular complexity index is 342. The normalized spacial score (nSPS) is 40.0. The van der Waals surface area contributed by atoms with Gasteiger partial charge in [-0.2, -0.15) is 0 Å². The van der Waals surface area contributed by atoms with E-state index in [-0.39, 0.29) is 6.04 Å². The first-order valence-electron chi connectivity index (χ1n) is 6.11. The van der Waals surface area contributed by atoms with Crippen LogP contribution < -0.4 is 5.32 Å². The second-order valence-electron chi connectivity index (χ2n) is 5.40. The number of nitrogens with one attached hydrogen (secondary N) is 1. The number of likely N-dealkylation sites (tertiary alicyclic amines) is 1. The third-order valence-corrected chi connectivity index (χ3v) is 5.56. The second kappa shape index (κ2) is 4.63. The van der Waals surface area contributed by atoms with Gasteiger partial charge in [-0.25, -0.2) is 8.42 Å². The van der Waals surface area contributed by atoms with Crippen LogP contribution in [-0.4, -0.2) is 57.0 Å². The van der Waals surface area contributed by atoms with E-state index in [2.05, 4.69) is 24.2 Å². The molecule has 5 heteroatoms. The molecule has 2 fully saturated rings. The molecule has 2 rings (SSSR count). The highest BCUT2D eigenvalue weighted by Crippen LogP contribution is 2.19. The molecule has 4 nitrogen and oxygen atoms in total. The molecule has 3 unspecified atom stereocenters. The number of hydrogen-bond donors (Lipinski definition) is 1. The van der Waals surface area contributed by atoms with Crippen molar-refractivity contribution in [2.75, 3.05) is 31.6 Å². The first-order chi connectivity index (χ1) is 7.46. The molecule has 0 saturated carbocycles. The lowest BCUT2D eigenvalue weighted by atomic mass is 9.93. The van der Waals surface area contributed by atoms with Crippen LogP contribution in [0.4, 0.5) is 0 Å². The highest BCUT2D eigenvalue weighted by atomic mass is 32.2. The first kappa shape index (κ1) is 12.3. The smallest absolute Gasteiger partial charge is 0.151 e. The summed E-state index contributed by atoms with van der Waals surface area (Å²) in [5, 5.41) is 3.54. The summed E-state index contributed by atoms with van der Waals surface area (Å²) in [6, 6.07) is 0.690. The number of rotatable bonds is 2. The Morgan fingerprint density at radius 2 is 2.06 bits per heavy atom. The highest BCUT2D eigenvalue weighted by molar-refractivity contribution is 7.91. The van der Waals surface area contributed by atoms with E-state index in [1.807, 2.05) is 0 Å². The van der Waals surface area contributed by atoms with Crippen LogP contribution in [0.3, 0.4) is 0 Å². The van der Waals surface area contributed by atoms with Crippen LogP contribution in [-0.2, 0) is 9.84 Å². The van der Waals surface area contributed by atoms with Crippen LogP contribution in [0.15, 0.2) is 0 Å². The molecule has 0 aromatic carbocycles. The van der Waals surface area contributed by atoms with Gasteiger partial charge in [-0.1, -0.05) is 6.92 Å². The van der Waals surface area contributed by atoms with Gasteiger partial charge in [0, 0.05) is 18.6 Å².